The van der Waals surface area contributed by atoms with E-state index in [1.54, 1.807) is 6.07 Å². The number of rotatable bonds is 3. The van der Waals surface area contributed by atoms with Crippen LogP contribution in [0.1, 0.15) is 0 Å². The molecule has 0 aliphatic carbocycles. The van der Waals surface area contributed by atoms with Crippen LogP contribution < -0.4 is 4.18 Å². The summed E-state index contributed by atoms with van der Waals surface area (Å²) in [6.45, 7) is 0. The zero-order valence-electron chi connectivity index (χ0n) is 10.7. The van der Waals surface area contributed by atoms with Crippen molar-refractivity contribution in [3.8, 4) is 5.75 Å². The molecule has 0 spiro atoms. The molecule has 3 rings (SSSR count). The van der Waals surface area contributed by atoms with Gasteiger partial charge in [0.1, 0.15) is 15.8 Å². The number of nitrogens with one attached hydrogen (secondary N) is 1. The Morgan fingerprint density at radius 1 is 1.00 bits per heavy atom. The summed E-state index contributed by atoms with van der Waals surface area (Å²) in [5, 5.41) is 7.77. The highest BCUT2D eigenvalue weighted by atomic mass is 35.5. The van der Waals surface area contributed by atoms with Gasteiger partial charge in [-0.1, -0.05) is 34.8 Å². The maximum Gasteiger partial charge on any atom is 0.339 e. The van der Waals surface area contributed by atoms with E-state index < -0.39 is 10.1 Å². The number of aromatic nitrogens is 2. The number of H-pyrrole nitrogens is 1. The first-order valence-corrected chi connectivity index (χ1v) is 8.44. The number of halogens is 3. The van der Waals surface area contributed by atoms with E-state index in [0.717, 1.165) is 0 Å². The van der Waals surface area contributed by atoms with Crippen molar-refractivity contribution in [2.75, 3.05) is 0 Å². The Morgan fingerprint density at radius 3 is 2.50 bits per heavy atom. The van der Waals surface area contributed by atoms with Gasteiger partial charge in [0, 0.05) is 5.39 Å². The molecule has 1 heterocycles. The predicted molar refractivity (Wildman–Crippen MR) is 85.4 cm³/mol. The Hall–Kier alpha value is -1.47. The molecule has 0 aliphatic heterocycles. The standard InChI is InChI=1S/C13H7Cl3N2O3S/c14-10-3-2-8(6-11(10)15)22(19,20)21-7-1-4-12-9(5-7)13(16)18-17-12/h1-6H,(H,17,18). The van der Waals surface area contributed by atoms with Gasteiger partial charge in [0.05, 0.1) is 15.6 Å². The Kier molecular flexibility index (Phi) is 3.94. The van der Waals surface area contributed by atoms with Crippen molar-refractivity contribution in [3.05, 3.63) is 51.6 Å². The molecule has 1 aromatic heterocycles. The van der Waals surface area contributed by atoms with Crippen molar-refractivity contribution in [1.82, 2.24) is 10.2 Å². The van der Waals surface area contributed by atoms with Crippen molar-refractivity contribution in [2.45, 2.75) is 4.90 Å². The fourth-order valence-corrected chi connectivity index (χ4v) is 3.32. The first-order valence-electron chi connectivity index (χ1n) is 5.90. The smallest absolute Gasteiger partial charge is 0.339 e. The molecule has 3 aromatic rings. The molecule has 1 N–H and O–H groups in total. The molecular formula is C13H7Cl3N2O3S. The second kappa shape index (κ2) is 5.62. The monoisotopic (exact) mass is 376 g/mol. The van der Waals surface area contributed by atoms with Crippen LogP contribution in [0, 0.1) is 0 Å². The van der Waals surface area contributed by atoms with Crippen molar-refractivity contribution in [1.29, 1.82) is 0 Å². The van der Waals surface area contributed by atoms with Crippen LogP contribution in [-0.2, 0) is 10.1 Å². The highest BCUT2D eigenvalue weighted by Gasteiger charge is 2.18. The summed E-state index contributed by atoms with van der Waals surface area (Å²) in [6, 6.07) is 8.48. The van der Waals surface area contributed by atoms with E-state index in [1.807, 2.05) is 0 Å². The third-order valence-electron chi connectivity index (χ3n) is 2.86. The first kappa shape index (κ1) is 15.4. The van der Waals surface area contributed by atoms with Crippen LogP contribution in [-0.4, -0.2) is 18.6 Å². The third-order valence-corrected chi connectivity index (χ3v) is 5.13. The highest BCUT2D eigenvalue weighted by Crippen LogP contribution is 2.29. The third kappa shape index (κ3) is 2.87. The maximum absolute atomic E-state index is 12.2. The van der Waals surface area contributed by atoms with Gasteiger partial charge in [-0.15, -0.1) is 0 Å². The summed E-state index contributed by atoms with van der Waals surface area (Å²) in [5.74, 6) is 0.113. The van der Waals surface area contributed by atoms with Crippen molar-refractivity contribution < 1.29 is 12.6 Å². The first-order chi connectivity index (χ1) is 10.4. The van der Waals surface area contributed by atoms with Crippen LogP contribution in [0.25, 0.3) is 10.9 Å². The average molecular weight is 378 g/mol. The van der Waals surface area contributed by atoms with Gasteiger partial charge in [-0.05, 0) is 36.4 Å². The van der Waals surface area contributed by atoms with Crippen LogP contribution in [0.5, 0.6) is 5.75 Å². The highest BCUT2D eigenvalue weighted by molar-refractivity contribution is 7.87. The number of fused-ring (bicyclic) bond motifs is 1. The van der Waals surface area contributed by atoms with Crippen LogP contribution in [0.15, 0.2) is 41.3 Å². The summed E-state index contributed by atoms with van der Waals surface area (Å²) in [6.07, 6.45) is 0. The van der Waals surface area contributed by atoms with E-state index >= 15 is 0 Å². The molecule has 0 amide bonds. The minimum Gasteiger partial charge on any atom is -0.379 e. The van der Waals surface area contributed by atoms with E-state index in [0.29, 0.717) is 16.1 Å². The van der Waals surface area contributed by atoms with Gasteiger partial charge in [0.15, 0.2) is 0 Å². The normalized spacial score (nSPS) is 11.8. The molecule has 0 unspecified atom stereocenters. The molecule has 2 aromatic carbocycles. The zero-order chi connectivity index (χ0) is 15.9. The van der Waals surface area contributed by atoms with Crippen LogP contribution >= 0.6 is 34.8 Å². The molecule has 0 saturated carbocycles. The van der Waals surface area contributed by atoms with Crippen molar-refractivity contribution in [2.24, 2.45) is 0 Å². The Labute approximate surface area is 140 Å². The second-order valence-corrected chi connectivity index (χ2v) is 7.07. The van der Waals surface area contributed by atoms with Crippen molar-refractivity contribution in [3.63, 3.8) is 0 Å². The summed E-state index contributed by atoms with van der Waals surface area (Å²) in [7, 11) is -4.03. The minimum atomic E-state index is -4.03. The van der Waals surface area contributed by atoms with Gasteiger partial charge < -0.3 is 4.18 Å². The molecule has 0 fully saturated rings. The van der Waals surface area contributed by atoms with E-state index in [9.17, 15) is 8.42 Å². The maximum atomic E-state index is 12.2. The molecule has 22 heavy (non-hydrogen) atoms. The lowest BCUT2D eigenvalue weighted by Crippen LogP contribution is -2.09. The fraction of sp³-hybridized carbons (Fsp3) is 0. The fourth-order valence-electron chi connectivity index (χ4n) is 1.82. The summed E-state index contributed by atoms with van der Waals surface area (Å²) < 4.78 is 29.6. The Bertz CT molecular complexity index is 970. The predicted octanol–water partition coefficient (Wildman–Crippen LogP) is 4.29. The minimum absolute atomic E-state index is 0.0970. The summed E-state index contributed by atoms with van der Waals surface area (Å²) >= 11 is 17.5. The molecule has 0 radical (unpaired) electrons. The van der Waals surface area contributed by atoms with Gasteiger partial charge in [0.25, 0.3) is 0 Å². The summed E-state index contributed by atoms with van der Waals surface area (Å²) in [4.78, 5) is -0.0970. The number of hydrogen-bond acceptors (Lipinski definition) is 4. The number of benzene rings is 2. The van der Waals surface area contributed by atoms with E-state index in [2.05, 4.69) is 10.2 Å². The van der Waals surface area contributed by atoms with Crippen LogP contribution in [0.4, 0.5) is 0 Å². The number of hydrogen-bond donors (Lipinski definition) is 1. The number of aromatic amines is 1. The van der Waals surface area contributed by atoms with E-state index in [4.69, 9.17) is 39.0 Å². The lowest BCUT2D eigenvalue weighted by Gasteiger charge is -2.08. The second-order valence-electron chi connectivity index (χ2n) is 4.33. The molecular weight excluding hydrogens is 371 g/mol. The molecule has 9 heteroatoms. The molecule has 0 bridgehead atoms. The van der Waals surface area contributed by atoms with Crippen LogP contribution in [0.2, 0.25) is 15.2 Å². The van der Waals surface area contributed by atoms with Crippen LogP contribution in [0.3, 0.4) is 0 Å². The van der Waals surface area contributed by atoms with Gasteiger partial charge in [-0.3, -0.25) is 5.10 Å². The molecule has 0 atom stereocenters. The average Bonchev–Trinajstić information content (AvgIpc) is 2.83. The molecule has 0 aliphatic rings. The molecule has 114 valence electrons. The quantitative estimate of drug-likeness (QED) is 0.691. The topological polar surface area (TPSA) is 72.1 Å². The number of nitrogens with zero attached hydrogens (tertiary/aromatic N) is 1. The largest absolute Gasteiger partial charge is 0.379 e. The SMILES string of the molecule is O=S(=O)(Oc1ccc2n[nH]c(Cl)c2c1)c1ccc(Cl)c(Cl)c1. The molecule has 0 saturated heterocycles. The van der Waals surface area contributed by atoms with Crippen molar-refractivity contribution >= 4 is 55.8 Å². The Morgan fingerprint density at radius 2 is 1.77 bits per heavy atom. The summed E-state index contributed by atoms with van der Waals surface area (Å²) in [5.41, 5.74) is 0.601. The molecule has 5 nitrogen and oxygen atoms in total. The van der Waals surface area contributed by atoms with E-state index in [1.165, 1.54) is 30.3 Å². The lowest BCUT2D eigenvalue weighted by atomic mass is 10.2. The van der Waals surface area contributed by atoms with Gasteiger partial charge in [-0.2, -0.15) is 13.5 Å². The Balaban J connectivity index is 1.98. The van der Waals surface area contributed by atoms with E-state index in [-0.39, 0.29) is 20.7 Å². The van der Waals surface area contributed by atoms with Gasteiger partial charge in [0.2, 0.25) is 0 Å². The lowest BCUT2D eigenvalue weighted by molar-refractivity contribution is 0.486. The van der Waals surface area contributed by atoms with Gasteiger partial charge >= 0.3 is 10.1 Å². The zero-order valence-corrected chi connectivity index (χ0v) is 13.8. The van der Waals surface area contributed by atoms with Gasteiger partial charge in [-0.25, -0.2) is 0 Å².